The van der Waals surface area contributed by atoms with Crippen molar-refractivity contribution in [1.29, 1.82) is 0 Å². The average Bonchev–Trinajstić information content (AvgIpc) is 3.33. The molecule has 42 heavy (non-hydrogen) atoms. The summed E-state index contributed by atoms with van der Waals surface area (Å²) in [6.07, 6.45) is 7.76. The zero-order valence-electron chi connectivity index (χ0n) is 24.0. The minimum absolute atomic E-state index is 0.154. The zero-order valence-corrected chi connectivity index (χ0v) is 24.0. The topological polar surface area (TPSA) is 98.3 Å². The van der Waals surface area contributed by atoms with Gasteiger partial charge in [-0.25, -0.2) is 4.98 Å². The number of carbonyl (C=O) groups is 3. The highest BCUT2D eigenvalue weighted by atomic mass is 16.5. The van der Waals surface area contributed by atoms with E-state index in [1.54, 1.807) is 4.90 Å². The number of rotatable bonds is 4. The highest BCUT2D eigenvalue weighted by Crippen LogP contribution is 2.47. The molecule has 10 heteroatoms. The Kier molecular flexibility index (Phi) is 6.17. The van der Waals surface area contributed by atoms with E-state index in [4.69, 9.17) is 4.74 Å². The van der Waals surface area contributed by atoms with Crippen LogP contribution < -0.4 is 19.9 Å². The lowest BCUT2D eigenvalue weighted by atomic mass is 9.66. The molecular formula is C32H38N6O4. The second-order valence-corrected chi connectivity index (χ2v) is 13.2. The number of hydrogen-bond acceptors (Lipinski definition) is 8. The van der Waals surface area contributed by atoms with Crippen molar-refractivity contribution in [1.82, 2.24) is 20.1 Å². The molecule has 1 N–H and O–H groups in total. The molecule has 0 radical (unpaired) electrons. The Labute approximate surface area is 246 Å². The van der Waals surface area contributed by atoms with Crippen molar-refractivity contribution in [3.05, 3.63) is 47.7 Å². The molecule has 2 unspecified atom stereocenters. The Bertz CT molecular complexity index is 1420. The van der Waals surface area contributed by atoms with Crippen molar-refractivity contribution in [3.63, 3.8) is 0 Å². The molecule has 2 atom stereocenters. The van der Waals surface area contributed by atoms with Crippen molar-refractivity contribution in [2.45, 2.75) is 57.2 Å². The van der Waals surface area contributed by atoms with E-state index >= 15 is 0 Å². The lowest BCUT2D eigenvalue weighted by molar-refractivity contribution is -0.136. The van der Waals surface area contributed by atoms with Crippen LogP contribution in [0.2, 0.25) is 0 Å². The number of nitrogens with one attached hydrogen (secondary N) is 1. The third kappa shape index (κ3) is 4.33. The van der Waals surface area contributed by atoms with Gasteiger partial charge in [0, 0.05) is 68.4 Å². The maximum atomic E-state index is 13.2. The first-order valence-corrected chi connectivity index (χ1v) is 15.5. The minimum Gasteiger partial charge on any atom is -0.489 e. The lowest BCUT2D eigenvalue weighted by Gasteiger charge is -2.54. The number of carbonyl (C=O) groups excluding carboxylic acids is 3. The Hall–Kier alpha value is -3.66. The second kappa shape index (κ2) is 9.97. The molecule has 1 aliphatic carbocycles. The van der Waals surface area contributed by atoms with Crippen LogP contribution >= 0.6 is 0 Å². The van der Waals surface area contributed by atoms with E-state index in [1.807, 2.05) is 24.4 Å². The molecule has 1 spiro atoms. The van der Waals surface area contributed by atoms with E-state index in [1.165, 1.54) is 25.7 Å². The molecule has 4 fully saturated rings. The Morgan fingerprint density at radius 3 is 2.64 bits per heavy atom. The fraction of sp³-hybridized carbons (Fsp3) is 0.562. The molecule has 10 nitrogen and oxygen atoms in total. The molecule has 6 aliphatic rings. The van der Waals surface area contributed by atoms with Crippen LogP contribution in [-0.2, 0) is 16.1 Å². The molecular weight excluding hydrogens is 532 g/mol. The van der Waals surface area contributed by atoms with Gasteiger partial charge in [0.1, 0.15) is 24.2 Å². The summed E-state index contributed by atoms with van der Waals surface area (Å²) in [5.74, 6) is 1.85. The van der Waals surface area contributed by atoms with Gasteiger partial charge in [0.05, 0.1) is 18.3 Å². The second-order valence-electron chi connectivity index (χ2n) is 13.2. The van der Waals surface area contributed by atoms with Crippen molar-refractivity contribution >= 4 is 29.2 Å². The minimum atomic E-state index is -0.614. The molecule has 2 aromatic rings. The standard InChI is InChI=1S/C32H38N6O4/c39-28-7-6-26(30(40)34-28)38-17-24-23(31(38)41)4-5-25-29(24)42-18-22-16-35(13-14-37(22)25)15-21-8-10-32(11-9-21)19-36(20-32)27-3-1-2-12-33-27/h1-5,12,21-22,26H,6-11,13-20H2,(H,34,39,40). The van der Waals surface area contributed by atoms with Crippen LogP contribution in [0.15, 0.2) is 36.5 Å². The zero-order chi connectivity index (χ0) is 28.4. The average molecular weight is 571 g/mol. The van der Waals surface area contributed by atoms with Crippen molar-refractivity contribution in [2.24, 2.45) is 11.3 Å². The summed E-state index contributed by atoms with van der Waals surface area (Å²) in [6.45, 7) is 7.37. The lowest BCUT2D eigenvalue weighted by Crippen LogP contribution is -2.59. The first kappa shape index (κ1) is 26.0. The third-order valence-electron chi connectivity index (χ3n) is 10.7. The van der Waals surface area contributed by atoms with Gasteiger partial charge in [-0.15, -0.1) is 0 Å². The number of aromatic nitrogens is 1. The van der Waals surface area contributed by atoms with E-state index in [2.05, 4.69) is 37.1 Å². The van der Waals surface area contributed by atoms with Crippen LogP contribution in [0.1, 0.15) is 54.4 Å². The SMILES string of the molecule is O=C1CCC(N2Cc3c(ccc4c3OCC3CN(CC5CCC6(CC5)CN(c5ccccn5)C6)CCN43)C2=O)C(=O)N1. The molecule has 5 aliphatic heterocycles. The maximum absolute atomic E-state index is 13.2. The molecule has 0 bridgehead atoms. The summed E-state index contributed by atoms with van der Waals surface area (Å²) in [4.78, 5) is 51.0. The van der Waals surface area contributed by atoms with E-state index < -0.39 is 6.04 Å². The molecule has 3 saturated heterocycles. The maximum Gasteiger partial charge on any atom is 0.255 e. The van der Waals surface area contributed by atoms with Gasteiger partial charge in [-0.1, -0.05) is 6.07 Å². The highest BCUT2D eigenvalue weighted by molar-refractivity contribution is 6.06. The summed E-state index contributed by atoms with van der Waals surface area (Å²) >= 11 is 0. The predicted molar refractivity (Wildman–Crippen MR) is 156 cm³/mol. The number of imide groups is 1. The summed E-state index contributed by atoms with van der Waals surface area (Å²) in [5, 5.41) is 2.38. The number of piperazine rings is 1. The number of fused-ring (bicyclic) bond motifs is 5. The quantitative estimate of drug-likeness (QED) is 0.560. The fourth-order valence-corrected chi connectivity index (χ4v) is 8.33. The number of pyridine rings is 1. The van der Waals surface area contributed by atoms with Gasteiger partial charge in [0.25, 0.3) is 5.91 Å². The van der Waals surface area contributed by atoms with E-state index in [9.17, 15) is 14.4 Å². The van der Waals surface area contributed by atoms with E-state index in [0.717, 1.165) is 68.0 Å². The van der Waals surface area contributed by atoms with Crippen LogP contribution in [0.5, 0.6) is 5.75 Å². The molecule has 220 valence electrons. The largest absolute Gasteiger partial charge is 0.489 e. The normalized spacial score (nSPS) is 27.2. The van der Waals surface area contributed by atoms with Gasteiger partial charge < -0.3 is 19.4 Å². The number of anilines is 2. The van der Waals surface area contributed by atoms with Crippen LogP contribution in [0, 0.1) is 11.3 Å². The van der Waals surface area contributed by atoms with Crippen LogP contribution in [0.3, 0.4) is 0 Å². The van der Waals surface area contributed by atoms with Crippen LogP contribution in [-0.4, -0.2) is 90.5 Å². The van der Waals surface area contributed by atoms with Gasteiger partial charge >= 0.3 is 0 Å². The predicted octanol–water partition coefficient (Wildman–Crippen LogP) is 2.42. The van der Waals surface area contributed by atoms with E-state index in [-0.39, 0.29) is 24.1 Å². The first-order valence-electron chi connectivity index (χ1n) is 15.5. The molecule has 3 amide bonds. The van der Waals surface area contributed by atoms with Gasteiger partial charge in [0.2, 0.25) is 11.8 Å². The first-order chi connectivity index (χ1) is 20.5. The van der Waals surface area contributed by atoms with Crippen LogP contribution in [0.25, 0.3) is 0 Å². The number of ether oxygens (including phenoxy) is 1. The Balaban J connectivity index is 0.875. The number of piperidine rings is 1. The Morgan fingerprint density at radius 1 is 1.00 bits per heavy atom. The van der Waals surface area contributed by atoms with Gasteiger partial charge in [-0.3, -0.25) is 24.6 Å². The molecule has 1 aromatic carbocycles. The van der Waals surface area contributed by atoms with Crippen LogP contribution in [0.4, 0.5) is 11.5 Å². The molecule has 8 rings (SSSR count). The molecule has 6 heterocycles. The van der Waals surface area contributed by atoms with Crippen molar-refractivity contribution < 1.29 is 19.1 Å². The van der Waals surface area contributed by atoms with Crippen molar-refractivity contribution in [3.8, 4) is 5.75 Å². The fourth-order valence-electron chi connectivity index (χ4n) is 8.33. The van der Waals surface area contributed by atoms with E-state index in [0.29, 0.717) is 36.6 Å². The van der Waals surface area contributed by atoms with Crippen molar-refractivity contribution in [2.75, 3.05) is 55.7 Å². The molecule has 1 saturated carbocycles. The monoisotopic (exact) mass is 570 g/mol. The summed E-state index contributed by atoms with van der Waals surface area (Å²) < 4.78 is 6.39. The van der Waals surface area contributed by atoms with Gasteiger partial charge in [-0.05, 0) is 62.3 Å². The number of amides is 3. The Morgan fingerprint density at radius 2 is 1.86 bits per heavy atom. The van der Waals surface area contributed by atoms with Gasteiger partial charge in [-0.2, -0.15) is 0 Å². The number of hydrogen-bond donors (Lipinski definition) is 1. The molecule has 1 aromatic heterocycles. The number of benzene rings is 1. The van der Waals surface area contributed by atoms with Gasteiger partial charge in [0.15, 0.2) is 0 Å². The third-order valence-corrected chi connectivity index (χ3v) is 10.7. The number of nitrogens with zero attached hydrogens (tertiary/aromatic N) is 5. The summed E-state index contributed by atoms with van der Waals surface area (Å²) in [7, 11) is 0. The summed E-state index contributed by atoms with van der Waals surface area (Å²) in [6, 6.07) is 9.77. The highest BCUT2D eigenvalue weighted by Gasteiger charge is 2.46. The smallest absolute Gasteiger partial charge is 0.255 e. The summed E-state index contributed by atoms with van der Waals surface area (Å²) in [5.41, 5.74) is 3.03.